The molecule has 1 saturated carbocycles. The van der Waals surface area contributed by atoms with Crippen molar-refractivity contribution in [2.45, 2.75) is 98.0 Å². The van der Waals surface area contributed by atoms with Crippen LogP contribution in [0.2, 0.25) is 0 Å². The minimum atomic E-state index is -1.03. The van der Waals surface area contributed by atoms with Gasteiger partial charge in [0.1, 0.15) is 17.3 Å². The van der Waals surface area contributed by atoms with Crippen LogP contribution in [0.15, 0.2) is 47.1 Å². The number of phenols is 1. The van der Waals surface area contributed by atoms with Crippen molar-refractivity contribution in [1.82, 2.24) is 0 Å². The smallest absolute Gasteiger partial charge is 0.332 e. The number of rotatable bonds is 13. The van der Waals surface area contributed by atoms with Crippen LogP contribution in [-0.2, 0) is 16.0 Å². The Balaban J connectivity index is 1.56. The van der Waals surface area contributed by atoms with Crippen molar-refractivity contribution in [2.75, 3.05) is 6.61 Å². The fourth-order valence-corrected chi connectivity index (χ4v) is 7.68. The van der Waals surface area contributed by atoms with E-state index in [4.69, 9.17) is 4.74 Å². The van der Waals surface area contributed by atoms with Gasteiger partial charge in [-0.05, 0) is 94.7 Å². The molecule has 0 amide bonds. The number of ketones is 1. The van der Waals surface area contributed by atoms with Gasteiger partial charge in [-0.3, -0.25) is 4.79 Å². The summed E-state index contributed by atoms with van der Waals surface area (Å²) in [6.07, 6.45) is 8.74. The van der Waals surface area contributed by atoms with Crippen molar-refractivity contribution < 1.29 is 29.6 Å². The molecule has 0 saturated heterocycles. The third-order valence-electron chi connectivity index (χ3n) is 9.78. The minimum absolute atomic E-state index is 0.0174. The predicted octanol–water partition coefficient (Wildman–Crippen LogP) is 7.14. The third-order valence-corrected chi connectivity index (χ3v) is 9.78. The molecule has 6 heteroatoms. The van der Waals surface area contributed by atoms with E-state index in [-0.39, 0.29) is 40.8 Å². The summed E-state index contributed by atoms with van der Waals surface area (Å²) in [6.45, 7) is 14.6. The molecule has 1 aromatic rings. The van der Waals surface area contributed by atoms with Crippen LogP contribution in [0.1, 0.15) is 96.6 Å². The van der Waals surface area contributed by atoms with Crippen LogP contribution in [0, 0.1) is 29.6 Å². The second-order valence-electron chi connectivity index (χ2n) is 12.7. The van der Waals surface area contributed by atoms with Crippen molar-refractivity contribution >= 4 is 11.8 Å². The van der Waals surface area contributed by atoms with Crippen molar-refractivity contribution in [3.8, 4) is 11.5 Å². The number of aliphatic hydroxyl groups is 1. The number of benzene rings is 1. The van der Waals surface area contributed by atoms with Gasteiger partial charge < -0.3 is 20.1 Å². The van der Waals surface area contributed by atoms with Gasteiger partial charge in [0.2, 0.25) is 0 Å². The van der Waals surface area contributed by atoms with Crippen LogP contribution in [0.4, 0.5) is 0 Å². The third kappa shape index (κ3) is 6.18. The molecule has 3 aliphatic carbocycles. The monoisotopic (exact) mass is 564 g/mol. The topological polar surface area (TPSA) is 104 Å². The Bertz CT molecular complexity index is 1240. The summed E-state index contributed by atoms with van der Waals surface area (Å²) in [6, 6.07) is 3.96. The molecule has 224 valence electrons. The van der Waals surface area contributed by atoms with E-state index >= 15 is 0 Å². The number of carbonyl (C=O) groups is 2. The number of carbonyl (C=O) groups excluding carboxylic acids is 1. The van der Waals surface area contributed by atoms with E-state index in [2.05, 4.69) is 39.5 Å². The van der Waals surface area contributed by atoms with Gasteiger partial charge in [0, 0.05) is 23.0 Å². The number of aliphatic hydroxyl groups excluding tert-OH is 1. The summed E-state index contributed by atoms with van der Waals surface area (Å²) in [5.74, 6) is -1.35. The standard InChI is InChI=1S/C35H48O6/c1-7-8-9-11-23-17-27(37)31(26-16-20(4)13-14-24(26)19(2)3)28(18-23)41-15-10-12-25-21(5)29-30(22(6)36)34(38)33(29)32(25)35(39)40/h16-18,21-22,24,26,29-30,33,36-37H,2,7-15H2,1,3-6H3,(H,39,40)/t21-,22+,24-,26+,29+,30+,33?/m0/s1. The molecule has 1 unspecified atom stereocenters. The number of hydrogen-bond acceptors (Lipinski definition) is 5. The van der Waals surface area contributed by atoms with Crippen LogP contribution < -0.4 is 4.74 Å². The maximum atomic E-state index is 12.7. The zero-order valence-corrected chi connectivity index (χ0v) is 25.4. The molecule has 3 aliphatic rings. The van der Waals surface area contributed by atoms with E-state index in [0.29, 0.717) is 25.2 Å². The maximum Gasteiger partial charge on any atom is 0.332 e. The Labute approximate surface area is 245 Å². The summed E-state index contributed by atoms with van der Waals surface area (Å²) in [5.41, 5.74) is 5.29. The molecule has 0 spiro atoms. The summed E-state index contributed by atoms with van der Waals surface area (Å²) in [4.78, 5) is 24.9. The van der Waals surface area contributed by atoms with Gasteiger partial charge >= 0.3 is 5.97 Å². The quantitative estimate of drug-likeness (QED) is 0.174. The van der Waals surface area contributed by atoms with Gasteiger partial charge in [-0.15, -0.1) is 0 Å². The first-order valence-electron chi connectivity index (χ1n) is 15.5. The number of phenolic OH excluding ortho intramolecular Hbond substituents is 1. The molecular weight excluding hydrogens is 516 g/mol. The van der Waals surface area contributed by atoms with E-state index in [1.807, 2.05) is 13.0 Å². The first-order chi connectivity index (χ1) is 19.5. The second kappa shape index (κ2) is 13.0. The van der Waals surface area contributed by atoms with Gasteiger partial charge in [0.05, 0.1) is 18.6 Å². The Hall–Kier alpha value is -2.86. The Morgan fingerprint density at radius 2 is 1.93 bits per heavy atom. The molecule has 0 aliphatic heterocycles. The second-order valence-corrected chi connectivity index (χ2v) is 12.7. The van der Waals surface area contributed by atoms with Gasteiger partial charge in [-0.25, -0.2) is 4.79 Å². The van der Waals surface area contributed by atoms with Crippen molar-refractivity contribution in [3.05, 3.63) is 58.2 Å². The fraction of sp³-hybridized carbons (Fsp3) is 0.600. The lowest BCUT2D eigenvalue weighted by atomic mass is 9.59. The predicted molar refractivity (Wildman–Crippen MR) is 161 cm³/mol. The maximum absolute atomic E-state index is 12.7. The van der Waals surface area contributed by atoms with Gasteiger partial charge in [0.25, 0.3) is 0 Å². The molecule has 6 nitrogen and oxygen atoms in total. The molecule has 41 heavy (non-hydrogen) atoms. The number of Topliss-reactive ketones (excluding diaryl/α,β-unsaturated/α-hetero) is 1. The zero-order chi connectivity index (χ0) is 30.0. The molecule has 0 radical (unpaired) electrons. The number of ether oxygens (including phenoxy) is 1. The Kier molecular flexibility index (Phi) is 9.84. The highest BCUT2D eigenvalue weighted by atomic mass is 16.5. The number of carboxylic acids is 1. The number of carboxylic acid groups (broad SMARTS) is 1. The average Bonchev–Trinajstić information content (AvgIpc) is 3.14. The number of aromatic hydroxyl groups is 1. The summed E-state index contributed by atoms with van der Waals surface area (Å²) in [7, 11) is 0. The highest BCUT2D eigenvalue weighted by Gasteiger charge is 2.61. The highest BCUT2D eigenvalue weighted by molar-refractivity contribution is 6.04. The first-order valence-corrected chi connectivity index (χ1v) is 15.5. The molecule has 1 aromatic carbocycles. The molecular formula is C35H48O6. The molecule has 0 bridgehead atoms. The number of aliphatic carboxylic acids is 1. The van der Waals surface area contributed by atoms with E-state index < -0.39 is 23.9 Å². The van der Waals surface area contributed by atoms with Crippen molar-refractivity contribution in [1.29, 1.82) is 0 Å². The number of allylic oxidation sites excluding steroid dienone is 4. The number of hydrogen-bond donors (Lipinski definition) is 3. The van der Waals surface area contributed by atoms with E-state index in [0.717, 1.165) is 60.8 Å². The summed E-state index contributed by atoms with van der Waals surface area (Å²) in [5, 5.41) is 31.4. The van der Waals surface area contributed by atoms with Gasteiger partial charge in [-0.1, -0.05) is 56.1 Å². The normalized spacial score (nSPS) is 28.1. The number of aryl methyl sites for hydroxylation is 1. The SMILES string of the molecule is C=C(C)[C@@H]1CCC(C)=C[C@H]1c1c(O)cc(CCCCC)cc1OCCCC1=C(C(=O)O)C2C(=O)[C@H]([C@@H](C)O)[C@H]2[C@H]1C. The molecule has 4 rings (SSSR count). The first kappa shape index (κ1) is 31.1. The van der Waals surface area contributed by atoms with Gasteiger partial charge in [-0.2, -0.15) is 0 Å². The lowest BCUT2D eigenvalue weighted by Crippen LogP contribution is -2.53. The van der Waals surface area contributed by atoms with Crippen LogP contribution in [0.5, 0.6) is 11.5 Å². The molecule has 1 fully saturated rings. The summed E-state index contributed by atoms with van der Waals surface area (Å²) >= 11 is 0. The highest BCUT2D eigenvalue weighted by Crippen LogP contribution is 2.56. The van der Waals surface area contributed by atoms with Crippen LogP contribution in [0.3, 0.4) is 0 Å². The lowest BCUT2D eigenvalue weighted by molar-refractivity contribution is -0.151. The fourth-order valence-electron chi connectivity index (χ4n) is 7.68. The molecule has 3 N–H and O–H groups in total. The van der Waals surface area contributed by atoms with Crippen molar-refractivity contribution in [2.24, 2.45) is 29.6 Å². The van der Waals surface area contributed by atoms with E-state index in [9.17, 15) is 24.9 Å². The number of fused-ring (bicyclic) bond motifs is 1. The van der Waals surface area contributed by atoms with Gasteiger partial charge in [0.15, 0.2) is 0 Å². The molecule has 7 atom stereocenters. The van der Waals surface area contributed by atoms with E-state index in [1.54, 1.807) is 6.92 Å². The van der Waals surface area contributed by atoms with Crippen LogP contribution in [-0.4, -0.2) is 39.8 Å². The molecule has 0 aromatic heterocycles. The lowest BCUT2D eigenvalue weighted by Gasteiger charge is -2.43. The largest absolute Gasteiger partial charge is 0.507 e. The van der Waals surface area contributed by atoms with E-state index in [1.165, 1.54) is 5.57 Å². The van der Waals surface area contributed by atoms with Crippen LogP contribution in [0.25, 0.3) is 0 Å². The minimum Gasteiger partial charge on any atom is -0.507 e. The Morgan fingerprint density at radius 1 is 1.20 bits per heavy atom. The Morgan fingerprint density at radius 3 is 2.56 bits per heavy atom. The zero-order valence-electron chi connectivity index (χ0n) is 25.4. The number of unbranched alkanes of at least 4 members (excludes halogenated alkanes) is 2. The average molecular weight is 565 g/mol. The molecule has 0 heterocycles. The summed E-state index contributed by atoms with van der Waals surface area (Å²) < 4.78 is 6.43. The van der Waals surface area contributed by atoms with Crippen molar-refractivity contribution in [3.63, 3.8) is 0 Å². The van der Waals surface area contributed by atoms with Crippen LogP contribution >= 0.6 is 0 Å².